The summed E-state index contributed by atoms with van der Waals surface area (Å²) in [4.78, 5) is 23.7. The summed E-state index contributed by atoms with van der Waals surface area (Å²) < 4.78 is 119. The van der Waals surface area contributed by atoms with Gasteiger partial charge in [0.2, 0.25) is 0 Å². The molecule has 27 heavy (non-hydrogen) atoms. The predicted molar refractivity (Wildman–Crippen MR) is 64.2 cm³/mol. The van der Waals surface area contributed by atoms with E-state index in [1.807, 2.05) is 0 Å². The zero-order valence-corrected chi connectivity index (χ0v) is 12.2. The van der Waals surface area contributed by atoms with Crippen LogP contribution in [0, 0.1) is 46.5 Å². The molecule has 0 fully saturated rings. The van der Waals surface area contributed by atoms with Crippen molar-refractivity contribution in [2.24, 2.45) is 0 Å². The van der Waals surface area contributed by atoms with Crippen LogP contribution in [0.1, 0.15) is 31.8 Å². The second-order valence-electron chi connectivity index (χ2n) is 5.41. The Bertz CT molecular complexity index is 1020. The zero-order valence-electron chi connectivity index (χ0n) is 12.2. The van der Waals surface area contributed by atoms with Gasteiger partial charge in [0.05, 0.1) is 11.1 Å². The van der Waals surface area contributed by atoms with Crippen LogP contribution < -0.4 is 0 Å². The summed E-state index contributed by atoms with van der Waals surface area (Å²) in [7, 11) is 0. The molecule has 0 aliphatic carbocycles. The summed E-state index contributed by atoms with van der Waals surface area (Å²) in [6, 6.07) is 0. The summed E-state index contributed by atoms with van der Waals surface area (Å²) in [5.41, 5.74) is -6.59. The molecule has 0 saturated heterocycles. The molecule has 2 aromatic rings. The lowest BCUT2D eigenvalue weighted by Gasteiger charge is -2.23. The lowest BCUT2D eigenvalue weighted by molar-refractivity contribution is -0.130. The highest BCUT2D eigenvalue weighted by atomic mass is 19.2. The highest BCUT2D eigenvalue weighted by Crippen LogP contribution is 2.52. The number of carbonyl (C=O) groups excluding carboxylic acids is 2. The summed E-state index contributed by atoms with van der Waals surface area (Å²) in [5, 5.41) is 0. The topological polar surface area (TPSA) is 52.6 Å². The number of hydrogen-bond donors (Lipinski definition) is 0. The molecule has 0 bridgehead atoms. The molecule has 4 nitrogen and oxygen atoms in total. The molecule has 0 N–H and O–H groups in total. The molecule has 2 aliphatic heterocycles. The molecule has 140 valence electrons. The van der Waals surface area contributed by atoms with Crippen LogP contribution in [0.25, 0.3) is 0 Å². The number of ether oxygens (including phenoxy) is 2. The Balaban J connectivity index is 2.20. The van der Waals surface area contributed by atoms with E-state index < -0.39 is 86.5 Å². The van der Waals surface area contributed by atoms with Crippen molar-refractivity contribution in [2.45, 2.75) is 5.79 Å². The van der Waals surface area contributed by atoms with Crippen LogP contribution in [-0.4, -0.2) is 11.9 Å². The molecule has 12 heteroatoms. The molecule has 1 spiro atoms. The minimum absolute atomic E-state index is 1.63. The minimum Gasteiger partial charge on any atom is -0.410 e. The number of rotatable bonds is 0. The molecule has 0 radical (unpaired) electrons. The van der Waals surface area contributed by atoms with Crippen molar-refractivity contribution >= 4 is 11.9 Å². The SMILES string of the molecule is O=C1OC2(OC(=O)c3c(F)c(F)c(F)c(F)c32)c2c(F)c(F)c(F)c(F)c21. The summed E-state index contributed by atoms with van der Waals surface area (Å²) in [6.07, 6.45) is 0. The molecule has 0 atom stereocenters. The number of fused-ring (bicyclic) bond motifs is 4. The first-order valence-corrected chi connectivity index (χ1v) is 6.74. The van der Waals surface area contributed by atoms with Gasteiger partial charge in [-0.15, -0.1) is 0 Å². The molecular weight excluding hydrogens is 396 g/mol. The minimum atomic E-state index is -3.52. The van der Waals surface area contributed by atoms with E-state index in [-0.39, 0.29) is 0 Å². The maximum absolute atomic E-state index is 14.3. The number of hydrogen-bond acceptors (Lipinski definition) is 4. The van der Waals surface area contributed by atoms with E-state index in [4.69, 9.17) is 0 Å². The Morgan fingerprint density at radius 2 is 0.778 bits per heavy atom. The Kier molecular flexibility index (Phi) is 3.17. The van der Waals surface area contributed by atoms with Gasteiger partial charge >= 0.3 is 17.7 Å². The maximum Gasteiger partial charge on any atom is 0.345 e. The fourth-order valence-corrected chi connectivity index (χ4v) is 2.98. The van der Waals surface area contributed by atoms with E-state index in [0.717, 1.165) is 0 Å². The van der Waals surface area contributed by atoms with Crippen molar-refractivity contribution in [3.8, 4) is 0 Å². The Hall–Kier alpha value is -3.18. The van der Waals surface area contributed by atoms with Gasteiger partial charge in [0.15, 0.2) is 46.5 Å². The van der Waals surface area contributed by atoms with Crippen molar-refractivity contribution in [3.05, 3.63) is 68.8 Å². The van der Waals surface area contributed by atoms with Crippen LogP contribution in [0.2, 0.25) is 0 Å². The summed E-state index contributed by atoms with van der Waals surface area (Å²) >= 11 is 0. The van der Waals surface area contributed by atoms with Gasteiger partial charge in [-0.25, -0.2) is 44.7 Å². The first-order chi connectivity index (χ1) is 12.5. The standard InChI is InChI=1S/C15F8O4/c16-5-1-3(7(18)11(22)9(5)20)15(26-13(1)24)4-2(14(25)27-15)6(17)10(21)12(23)8(4)19. The molecule has 2 aromatic carbocycles. The van der Waals surface area contributed by atoms with Gasteiger partial charge in [0.1, 0.15) is 11.1 Å². The molecule has 0 aromatic heterocycles. The molecule has 0 saturated carbocycles. The van der Waals surface area contributed by atoms with Gasteiger partial charge in [-0.1, -0.05) is 0 Å². The summed E-state index contributed by atoms with van der Waals surface area (Å²) in [5.74, 6) is -26.6. The van der Waals surface area contributed by atoms with Gasteiger partial charge in [0, 0.05) is 0 Å². The monoisotopic (exact) mass is 396 g/mol. The molecule has 0 unspecified atom stereocenters. The average Bonchev–Trinajstić information content (AvgIpc) is 3.07. The van der Waals surface area contributed by atoms with Gasteiger partial charge in [-0.2, -0.15) is 0 Å². The van der Waals surface area contributed by atoms with Gasteiger partial charge < -0.3 is 9.47 Å². The van der Waals surface area contributed by atoms with Crippen LogP contribution in [-0.2, 0) is 15.3 Å². The highest BCUT2D eigenvalue weighted by molar-refractivity contribution is 6.01. The van der Waals surface area contributed by atoms with E-state index in [1.165, 1.54) is 0 Å². The van der Waals surface area contributed by atoms with Gasteiger partial charge in [-0.05, 0) is 0 Å². The van der Waals surface area contributed by atoms with Crippen LogP contribution in [0.15, 0.2) is 0 Å². The number of benzene rings is 2. The third kappa shape index (κ3) is 1.77. The van der Waals surface area contributed by atoms with E-state index >= 15 is 0 Å². The first kappa shape index (κ1) is 17.2. The normalized spacial score (nSPS) is 16.4. The van der Waals surface area contributed by atoms with Crippen molar-refractivity contribution < 1.29 is 54.2 Å². The van der Waals surface area contributed by atoms with Gasteiger partial charge in [0.25, 0.3) is 0 Å². The van der Waals surface area contributed by atoms with Crippen molar-refractivity contribution in [1.29, 1.82) is 0 Å². The predicted octanol–water partition coefficient (Wildman–Crippen LogP) is 3.34. The molecular formula is C15F8O4. The number of halogens is 8. The van der Waals surface area contributed by atoms with Crippen LogP contribution in [0.4, 0.5) is 35.1 Å². The van der Waals surface area contributed by atoms with Crippen LogP contribution in [0.5, 0.6) is 0 Å². The smallest absolute Gasteiger partial charge is 0.345 e. The van der Waals surface area contributed by atoms with Crippen LogP contribution in [0.3, 0.4) is 0 Å². The Morgan fingerprint density at radius 1 is 0.481 bits per heavy atom. The van der Waals surface area contributed by atoms with E-state index in [9.17, 15) is 44.7 Å². The lowest BCUT2D eigenvalue weighted by Crippen LogP contribution is -2.31. The summed E-state index contributed by atoms with van der Waals surface area (Å²) in [6.45, 7) is 0. The largest absolute Gasteiger partial charge is 0.410 e. The quantitative estimate of drug-likeness (QED) is 0.297. The van der Waals surface area contributed by atoms with Gasteiger partial charge in [-0.3, -0.25) is 0 Å². The fraction of sp³-hybridized carbons (Fsp3) is 0.0667. The highest BCUT2D eigenvalue weighted by Gasteiger charge is 2.63. The van der Waals surface area contributed by atoms with E-state index in [0.29, 0.717) is 0 Å². The maximum atomic E-state index is 14.3. The fourth-order valence-electron chi connectivity index (χ4n) is 2.98. The third-order valence-electron chi connectivity index (χ3n) is 4.07. The van der Waals surface area contributed by atoms with E-state index in [2.05, 4.69) is 9.47 Å². The zero-order chi connectivity index (χ0) is 20.0. The second kappa shape index (κ2) is 4.96. The second-order valence-corrected chi connectivity index (χ2v) is 5.41. The Labute approximate surface area is 141 Å². The van der Waals surface area contributed by atoms with Crippen molar-refractivity contribution in [2.75, 3.05) is 0 Å². The molecule has 4 rings (SSSR count). The lowest BCUT2D eigenvalue weighted by atomic mass is 9.92. The van der Waals surface area contributed by atoms with Crippen molar-refractivity contribution in [1.82, 2.24) is 0 Å². The van der Waals surface area contributed by atoms with Crippen LogP contribution >= 0.6 is 0 Å². The average molecular weight is 396 g/mol. The number of esters is 2. The Morgan fingerprint density at radius 3 is 1.11 bits per heavy atom. The number of carbonyl (C=O) groups is 2. The van der Waals surface area contributed by atoms with Crippen molar-refractivity contribution in [3.63, 3.8) is 0 Å². The third-order valence-corrected chi connectivity index (χ3v) is 4.07. The first-order valence-electron chi connectivity index (χ1n) is 6.74. The molecule has 2 aliphatic rings. The van der Waals surface area contributed by atoms with E-state index in [1.54, 1.807) is 0 Å². The molecule has 0 amide bonds. The molecule has 2 heterocycles.